The number of rotatable bonds is 7. The molecule has 1 N–H and O–H groups in total. The number of benzene rings is 1. The third-order valence-corrected chi connectivity index (χ3v) is 2.69. The van der Waals surface area contributed by atoms with Gasteiger partial charge in [0.05, 0.1) is 13.2 Å². The number of nitrogens with zero attached hydrogens (tertiary/aromatic N) is 1. The molecule has 1 aromatic carbocycles. The van der Waals surface area contributed by atoms with E-state index in [2.05, 4.69) is 10.3 Å². The van der Waals surface area contributed by atoms with Gasteiger partial charge >= 0.3 is 0 Å². The molecule has 0 aliphatic heterocycles. The highest BCUT2D eigenvalue weighted by Gasteiger charge is 1.99. The number of ether oxygens (including phenoxy) is 1. The highest BCUT2D eigenvalue weighted by atomic mass is 19.1. The van der Waals surface area contributed by atoms with Gasteiger partial charge in [-0.3, -0.25) is 4.98 Å². The molecule has 1 heterocycles. The Labute approximate surface area is 112 Å². The molecule has 2 rings (SSSR count). The van der Waals surface area contributed by atoms with E-state index < -0.39 is 0 Å². The number of hydrogen-bond acceptors (Lipinski definition) is 3. The topological polar surface area (TPSA) is 34.1 Å². The van der Waals surface area contributed by atoms with Crippen molar-refractivity contribution in [2.45, 2.75) is 13.2 Å². The van der Waals surface area contributed by atoms with Crippen LogP contribution in [0.25, 0.3) is 0 Å². The molecule has 0 radical (unpaired) electrons. The minimum absolute atomic E-state index is 0.217. The fourth-order valence-corrected chi connectivity index (χ4v) is 1.68. The lowest BCUT2D eigenvalue weighted by atomic mass is 10.2. The molecule has 4 heteroatoms. The van der Waals surface area contributed by atoms with Gasteiger partial charge in [0, 0.05) is 31.0 Å². The van der Waals surface area contributed by atoms with Crippen molar-refractivity contribution in [1.82, 2.24) is 10.3 Å². The van der Waals surface area contributed by atoms with Crippen LogP contribution in [-0.4, -0.2) is 18.1 Å². The van der Waals surface area contributed by atoms with E-state index in [9.17, 15) is 4.39 Å². The zero-order chi connectivity index (χ0) is 13.3. The maximum absolute atomic E-state index is 13.3. The highest BCUT2D eigenvalue weighted by molar-refractivity contribution is 5.16. The van der Waals surface area contributed by atoms with Gasteiger partial charge in [-0.2, -0.15) is 0 Å². The van der Waals surface area contributed by atoms with Crippen molar-refractivity contribution < 1.29 is 9.13 Å². The molecule has 19 heavy (non-hydrogen) atoms. The van der Waals surface area contributed by atoms with E-state index in [0.717, 1.165) is 18.7 Å². The molecule has 0 bridgehead atoms. The zero-order valence-corrected chi connectivity index (χ0v) is 10.7. The summed E-state index contributed by atoms with van der Waals surface area (Å²) in [6.45, 7) is 2.34. The zero-order valence-electron chi connectivity index (χ0n) is 10.7. The van der Waals surface area contributed by atoms with Crippen LogP contribution in [0.4, 0.5) is 4.39 Å². The van der Waals surface area contributed by atoms with Gasteiger partial charge in [0.1, 0.15) is 5.82 Å². The van der Waals surface area contributed by atoms with Crippen molar-refractivity contribution in [2.24, 2.45) is 0 Å². The molecule has 100 valence electrons. The summed E-state index contributed by atoms with van der Waals surface area (Å²) < 4.78 is 18.7. The van der Waals surface area contributed by atoms with Gasteiger partial charge in [-0.05, 0) is 17.7 Å². The monoisotopic (exact) mass is 260 g/mol. The van der Waals surface area contributed by atoms with Gasteiger partial charge in [0.25, 0.3) is 0 Å². The Morgan fingerprint density at radius 2 is 2.05 bits per heavy atom. The van der Waals surface area contributed by atoms with Crippen molar-refractivity contribution >= 4 is 0 Å². The summed E-state index contributed by atoms with van der Waals surface area (Å²) in [4.78, 5) is 4.04. The van der Waals surface area contributed by atoms with Crippen molar-refractivity contribution in [3.05, 3.63) is 65.7 Å². The Hall–Kier alpha value is -1.78. The molecule has 0 saturated carbocycles. The van der Waals surface area contributed by atoms with E-state index in [-0.39, 0.29) is 5.82 Å². The lowest BCUT2D eigenvalue weighted by molar-refractivity contribution is 0.120. The van der Waals surface area contributed by atoms with Crippen LogP contribution in [0.3, 0.4) is 0 Å². The van der Waals surface area contributed by atoms with Crippen LogP contribution in [0.1, 0.15) is 11.1 Å². The third-order valence-electron chi connectivity index (χ3n) is 2.69. The minimum atomic E-state index is -0.217. The van der Waals surface area contributed by atoms with E-state index in [0.29, 0.717) is 18.8 Å². The quantitative estimate of drug-likeness (QED) is 0.777. The van der Waals surface area contributed by atoms with E-state index in [4.69, 9.17) is 4.74 Å². The van der Waals surface area contributed by atoms with Gasteiger partial charge < -0.3 is 10.1 Å². The van der Waals surface area contributed by atoms with Gasteiger partial charge in [-0.15, -0.1) is 0 Å². The molecule has 0 aliphatic rings. The predicted molar refractivity (Wildman–Crippen MR) is 72.0 cm³/mol. The van der Waals surface area contributed by atoms with Crippen LogP contribution in [0, 0.1) is 5.82 Å². The number of nitrogens with one attached hydrogen (secondary N) is 1. The van der Waals surface area contributed by atoms with Crippen LogP contribution in [0.2, 0.25) is 0 Å². The molecule has 0 fully saturated rings. The van der Waals surface area contributed by atoms with Crippen LogP contribution in [0.15, 0.2) is 48.8 Å². The predicted octanol–water partition coefficient (Wildman–Crippen LogP) is 2.53. The van der Waals surface area contributed by atoms with Crippen molar-refractivity contribution in [3.8, 4) is 0 Å². The highest BCUT2D eigenvalue weighted by Crippen LogP contribution is 2.07. The average Bonchev–Trinajstić information content (AvgIpc) is 2.45. The summed E-state index contributed by atoms with van der Waals surface area (Å²) in [5.41, 5.74) is 1.73. The summed E-state index contributed by atoms with van der Waals surface area (Å²) in [7, 11) is 0. The summed E-state index contributed by atoms with van der Waals surface area (Å²) in [6.07, 6.45) is 3.58. The minimum Gasteiger partial charge on any atom is -0.375 e. The molecule has 1 aromatic heterocycles. The van der Waals surface area contributed by atoms with Crippen molar-refractivity contribution in [2.75, 3.05) is 13.2 Å². The lowest BCUT2D eigenvalue weighted by Crippen LogP contribution is -2.19. The molecular weight excluding hydrogens is 243 g/mol. The second kappa shape index (κ2) is 7.61. The maximum Gasteiger partial charge on any atom is 0.128 e. The van der Waals surface area contributed by atoms with Crippen LogP contribution in [-0.2, 0) is 17.9 Å². The number of pyridine rings is 1. The summed E-state index contributed by atoms with van der Waals surface area (Å²) in [5, 5.41) is 3.24. The largest absolute Gasteiger partial charge is 0.375 e. The number of aromatic nitrogens is 1. The Kier molecular flexibility index (Phi) is 5.47. The third kappa shape index (κ3) is 4.77. The summed E-state index contributed by atoms with van der Waals surface area (Å²) >= 11 is 0. The molecule has 0 saturated heterocycles. The van der Waals surface area contributed by atoms with E-state index in [1.165, 1.54) is 6.07 Å². The second-order valence-corrected chi connectivity index (χ2v) is 4.18. The fourth-order valence-electron chi connectivity index (χ4n) is 1.68. The Morgan fingerprint density at radius 3 is 2.84 bits per heavy atom. The van der Waals surface area contributed by atoms with Crippen LogP contribution >= 0.6 is 0 Å². The molecule has 0 atom stereocenters. The van der Waals surface area contributed by atoms with Crippen molar-refractivity contribution in [1.29, 1.82) is 0 Å². The normalized spacial score (nSPS) is 10.6. The number of hydrogen-bond donors (Lipinski definition) is 1. The van der Waals surface area contributed by atoms with Gasteiger partial charge in [-0.1, -0.05) is 24.3 Å². The van der Waals surface area contributed by atoms with Crippen molar-refractivity contribution in [3.63, 3.8) is 0 Å². The maximum atomic E-state index is 13.3. The molecule has 3 nitrogen and oxygen atoms in total. The Balaban J connectivity index is 1.59. The SMILES string of the molecule is Fc1ccccc1COCCNCc1cccnc1. The van der Waals surface area contributed by atoms with Gasteiger partial charge in [-0.25, -0.2) is 4.39 Å². The molecule has 0 spiro atoms. The Bertz CT molecular complexity index is 491. The lowest BCUT2D eigenvalue weighted by Gasteiger charge is -2.07. The molecule has 0 unspecified atom stereocenters. The van der Waals surface area contributed by atoms with Crippen LogP contribution in [0.5, 0.6) is 0 Å². The van der Waals surface area contributed by atoms with E-state index in [1.807, 2.05) is 24.4 Å². The molecule has 2 aromatic rings. The van der Waals surface area contributed by atoms with E-state index >= 15 is 0 Å². The second-order valence-electron chi connectivity index (χ2n) is 4.18. The standard InChI is InChI=1S/C15H17FN2O/c16-15-6-2-1-5-14(15)12-19-9-8-18-11-13-4-3-7-17-10-13/h1-7,10,18H,8-9,11-12H2. The number of halogens is 1. The first-order valence-electron chi connectivity index (χ1n) is 6.27. The summed E-state index contributed by atoms with van der Waals surface area (Å²) in [5.74, 6) is -0.217. The average molecular weight is 260 g/mol. The first kappa shape index (κ1) is 13.6. The van der Waals surface area contributed by atoms with Gasteiger partial charge in [0.2, 0.25) is 0 Å². The first-order valence-corrected chi connectivity index (χ1v) is 6.27. The first-order chi connectivity index (χ1) is 9.36. The molecule has 0 amide bonds. The molecule has 0 aliphatic carbocycles. The summed E-state index contributed by atoms with van der Waals surface area (Å²) in [6, 6.07) is 10.6. The Morgan fingerprint density at radius 1 is 1.16 bits per heavy atom. The molecular formula is C15H17FN2O. The fraction of sp³-hybridized carbons (Fsp3) is 0.267. The van der Waals surface area contributed by atoms with E-state index in [1.54, 1.807) is 18.3 Å². The smallest absolute Gasteiger partial charge is 0.128 e. The van der Waals surface area contributed by atoms with Crippen LogP contribution < -0.4 is 5.32 Å². The van der Waals surface area contributed by atoms with Gasteiger partial charge in [0.15, 0.2) is 0 Å².